The molecule has 0 saturated carbocycles. The average molecular weight is 378 g/mol. The number of benzene rings is 2. The minimum Gasteiger partial charge on any atom is -0.312 e. The van der Waals surface area contributed by atoms with Gasteiger partial charge in [-0.15, -0.1) is 0 Å². The van der Waals surface area contributed by atoms with E-state index in [0.29, 0.717) is 0 Å². The van der Waals surface area contributed by atoms with Gasteiger partial charge >= 0.3 is 6.03 Å². The predicted molar refractivity (Wildman–Crippen MR) is 87.4 cm³/mol. The highest BCUT2D eigenvalue weighted by Crippen LogP contribution is 2.43. The third-order valence-corrected chi connectivity index (χ3v) is 4.82. The number of urea groups is 1. The summed E-state index contributed by atoms with van der Waals surface area (Å²) in [5.74, 6) is -3.05. The van der Waals surface area contributed by atoms with E-state index >= 15 is 0 Å². The topological polar surface area (TPSA) is 78.5 Å². The molecule has 1 fully saturated rings. The Labute approximate surface area is 150 Å². The van der Waals surface area contributed by atoms with E-state index in [9.17, 15) is 23.2 Å². The maximum absolute atomic E-state index is 14.1. The highest BCUT2D eigenvalue weighted by molar-refractivity contribution is 6.31. The number of hydrogen-bond acceptors (Lipinski definition) is 3. The van der Waals surface area contributed by atoms with Gasteiger partial charge in [-0.3, -0.25) is 14.9 Å². The van der Waals surface area contributed by atoms with E-state index < -0.39 is 35.0 Å². The normalized spacial score (nSPS) is 21.2. The Morgan fingerprint density at radius 1 is 1.12 bits per heavy atom. The molecular weight excluding hydrogens is 368 g/mol. The van der Waals surface area contributed by atoms with Crippen LogP contribution >= 0.6 is 11.6 Å². The second-order valence-corrected chi connectivity index (χ2v) is 6.32. The molecule has 2 aromatic rings. The Morgan fingerprint density at radius 3 is 2.54 bits per heavy atom. The van der Waals surface area contributed by atoms with E-state index in [0.717, 1.165) is 17.0 Å². The molecule has 2 aliphatic heterocycles. The van der Waals surface area contributed by atoms with Crippen LogP contribution in [0.15, 0.2) is 36.4 Å². The Balaban J connectivity index is 1.87. The minimum absolute atomic E-state index is 0.0155. The molecule has 1 spiro atoms. The Bertz CT molecular complexity index is 977. The molecule has 0 bridgehead atoms. The fourth-order valence-electron chi connectivity index (χ4n) is 3.26. The molecule has 1 unspecified atom stereocenters. The first-order valence-corrected chi connectivity index (χ1v) is 7.91. The second-order valence-electron chi connectivity index (χ2n) is 5.91. The van der Waals surface area contributed by atoms with Crippen molar-refractivity contribution in [2.24, 2.45) is 0 Å². The van der Waals surface area contributed by atoms with Crippen LogP contribution in [0.1, 0.15) is 11.1 Å². The van der Waals surface area contributed by atoms with Crippen molar-refractivity contribution in [1.29, 1.82) is 0 Å². The minimum atomic E-state index is -2.08. The fraction of sp³-hybridized carbons (Fsp3) is 0.118. The number of nitrogens with one attached hydrogen (secondary N) is 2. The number of amides is 4. The van der Waals surface area contributed by atoms with Gasteiger partial charge < -0.3 is 10.2 Å². The lowest BCUT2D eigenvalue weighted by Crippen LogP contribution is -2.52. The van der Waals surface area contributed by atoms with Crippen molar-refractivity contribution in [3.05, 3.63) is 64.2 Å². The van der Waals surface area contributed by atoms with Gasteiger partial charge in [0.15, 0.2) is 0 Å². The predicted octanol–water partition coefficient (Wildman–Crippen LogP) is 2.20. The number of nitrogens with zero attached hydrogens (tertiary/aromatic N) is 1. The molecule has 6 nitrogen and oxygen atoms in total. The third-order valence-electron chi connectivity index (χ3n) is 4.47. The van der Waals surface area contributed by atoms with Crippen LogP contribution < -0.4 is 15.5 Å². The van der Waals surface area contributed by atoms with Crippen LogP contribution in [-0.2, 0) is 21.7 Å². The van der Waals surface area contributed by atoms with Gasteiger partial charge in [-0.1, -0.05) is 17.7 Å². The summed E-state index contributed by atoms with van der Waals surface area (Å²) in [5, 5.41) is 4.36. The first-order valence-electron chi connectivity index (χ1n) is 7.53. The van der Waals surface area contributed by atoms with E-state index in [1.54, 1.807) is 0 Å². The summed E-state index contributed by atoms with van der Waals surface area (Å²) in [6, 6.07) is 6.60. The monoisotopic (exact) mass is 377 g/mol. The van der Waals surface area contributed by atoms with Gasteiger partial charge in [-0.2, -0.15) is 0 Å². The molecule has 4 rings (SSSR count). The Morgan fingerprint density at radius 2 is 1.88 bits per heavy atom. The van der Waals surface area contributed by atoms with Gasteiger partial charge in [0, 0.05) is 16.1 Å². The van der Waals surface area contributed by atoms with Crippen LogP contribution in [0.2, 0.25) is 5.02 Å². The number of carbonyl (C=O) groups excluding carboxylic acids is 3. The lowest BCUT2D eigenvalue weighted by atomic mass is 9.91. The lowest BCUT2D eigenvalue weighted by Gasteiger charge is -2.21. The van der Waals surface area contributed by atoms with E-state index in [1.807, 2.05) is 5.32 Å². The van der Waals surface area contributed by atoms with Crippen molar-refractivity contribution in [2.75, 3.05) is 4.90 Å². The number of carbonyl (C=O) groups is 3. The van der Waals surface area contributed by atoms with Crippen molar-refractivity contribution in [3.8, 4) is 0 Å². The lowest BCUT2D eigenvalue weighted by molar-refractivity contribution is -0.134. The molecule has 1 saturated heterocycles. The first-order chi connectivity index (χ1) is 12.3. The number of hydrogen-bond donors (Lipinski definition) is 2. The second kappa shape index (κ2) is 5.50. The smallest absolute Gasteiger partial charge is 0.312 e. The number of rotatable bonds is 2. The van der Waals surface area contributed by atoms with Gasteiger partial charge in [0.1, 0.15) is 11.6 Å². The largest absolute Gasteiger partial charge is 0.323 e. The van der Waals surface area contributed by atoms with E-state index in [4.69, 9.17) is 11.6 Å². The number of halogens is 3. The molecule has 1 atom stereocenters. The van der Waals surface area contributed by atoms with Crippen molar-refractivity contribution in [1.82, 2.24) is 10.6 Å². The van der Waals surface area contributed by atoms with Crippen molar-refractivity contribution in [3.63, 3.8) is 0 Å². The van der Waals surface area contributed by atoms with Gasteiger partial charge in [0.05, 0.1) is 12.2 Å². The Hall–Kier alpha value is -3.00. The van der Waals surface area contributed by atoms with Gasteiger partial charge in [0.25, 0.3) is 11.8 Å². The standard InChI is InChI=1S/C17H10ClF2N3O3/c18-11-2-1-3-12(20)9(11)7-23-13-5-4-8(19)6-10(13)17(15(23)25)14(24)21-16(26)22-17/h1-6H,7H2,(H2,21,22,24,26). The molecule has 9 heteroatoms. The van der Waals surface area contributed by atoms with Crippen LogP contribution in [-0.4, -0.2) is 17.8 Å². The van der Waals surface area contributed by atoms with Crippen molar-refractivity contribution >= 4 is 35.1 Å². The summed E-state index contributed by atoms with van der Waals surface area (Å²) in [7, 11) is 0. The van der Waals surface area contributed by atoms with Crippen LogP contribution in [0.25, 0.3) is 0 Å². The molecule has 2 heterocycles. The van der Waals surface area contributed by atoms with E-state index in [2.05, 4.69) is 5.32 Å². The SMILES string of the molecule is O=C1NC(=O)C2(N1)C(=O)N(Cc1c(F)cccc1Cl)c1ccc(F)cc12. The van der Waals surface area contributed by atoms with Crippen LogP contribution in [0.5, 0.6) is 0 Å². The molecular formula is C17H10ClF2N3O3. The Kier molecular flexibility index (Phi) is 3.48. The average Bonchev–Trinajstić information content (AvgIpc) is 3.00. The summed E-state index contributed by atoms with van der Waals surface area (Å²) in [4.78, 5) is 38.1. The van der Waals surface area contributed by atoms with Crippen LogP contribution in [0, 0.1) is 11.6 Å². The maximum Gasteiger partial charge on any atom is 0.323 e. The molecule has 2 aromatic carbocycles. The van der Waals surface area contributed by atoms with E-state index in [1.165, 1.54) is 24.3 Å². The summed E-state index contributed by atoms with van der Waals surface area (Å²) in [5.41, 5.74) is -1.86. The van der Waals surface area contributed by atoms with Crippen LogP contribution in [0.4, 0.5) is 19.3 Å². The third kappa shape index (κ3) is 2.12. The van der Waals surface area contributed by atoms with Crippen LogP contribution in [0.3, 0.4) is 0 Å². The zero-order valence-electron chi connectivity index (χ0n) is 13.0. The quantitative estimate of drug-likeness (QED) is 0.622. The summed E-state index contributed by atoms with van der Waals surface area (Å²) < 4.78 is 27.9. The van der Waals surface area contributed by atoms with Crippen molar-refractivity contribution in [2.45, 2.75) is 12.1 Å². The number of fused-ring (bicyclic) bond motifs is 2. The van der Waals surface area contributed by atoms with Gasteiger partial charge in [-0.05, 0) is 30.3 Å². The van der Waals surface area contributed by atoms with Gasteiger partial charge in [-0.25, -0.2) is 13.6 Å². The summed E-state index contributed by atoms with van der Waals surface area (Å²) in [6.45, 7) is -0.284. The van der Waals surface area contributed by atoms with E-state index in [-0.39, 0.29) is 28.4 Å². The first kappa shape index (κ1) is 16.5. The number of imide groups is 1. The highest BCUT2D eigenvalue weighted by Gasteiger charge is 2.61. The summed E-state index contributed by atoms with van der Waals surface area (Å²) in [6.07, 6.45) is 0. The molecule has 2 aliphatic rings. The number of anilines is 1. The molecule has 26 heavy (non-hydrogen) atoms. The fourth-order valence-corrected chi connectivity index (χ4v) is 3.49. The van der Waals surface area contributed by atoms with Gasteiger partial charge in [0.2, 0.25) is 5.54 Å². The summed E-state index contributed by atoms with van der Waals surface area (Å²) >= 11 is 6.02. The molecule has 0 aliphatic carbocycles. The molecule has 0 radical (unpaired) electrons. The zero-order chi connectivity index (χ0) is 18.6. The van der Waals surface area contributed by atoms with Crippen molar-refractivity contribution < 1.29 is 23.2 Å². The molecule has 132 valence electrons. The maximum atomic E-state index is 14.1. The molecule has 4 amide bonds. The molecule has 2 N–H and O–H groups in total. The highest BCUT2D eigenvalue weighted by atomic mass is 35.5. The zero-order valence-corrected chi connectivity index (χ0v) is 13.7. The molecule has 0 aromatic heterocycles.